The van der Waals surface area contributed by atoms with Crippen molar-refractivity contribution < 1.29 is 0 Å². The number of anilines is 1. The zero-order chi connectivity index (χ0) is 15.5. The molecule has 1 atom stereocenters. The molecule has 2 aromatic rings. The van der Waals surface area contributed by atoms with Crippen molar-refractivity contribution in [1.82, 2.24) is 15.2 Å². The molecule has 1 N–H and O–H groups in total. The predicted molar refractivity (Wildman–Crippen MR) is 93.9 cm³/mol. The Morgan fingerprint density at radius 3 is 2.41 bits per heavy atom. The monoisotopic (exact) mass is 316 g/mol. The number of aryl methyl sites for hydroxylation is 1. The number of aromatic nitrogens is 1. The van der Waals surface area contributed by atoms with Gasteiger partial charge in [0.1, 0.15) is 5.01 Å². The molecule has 1 aliphatic heterocycles. The lowest BCUT2D eigenvalue weighted by Gasteiger charge is -2.34. The third-order valence-electron chi connectivity index (χ3n) is 4.11. The highest BCUT2D eigenvalue weighted by Crippen LogP contribution is 2.32. The average molecular weight is 316 g/mol. The zero-order valence-corrected chi connectivity index (χ0v) is 14.4. The van der Waals surface area contributed by atoms with Crippen molar-refractivity contribution >= 4 is 17.0 Å². The van der Waals surface area contributed by atoms with E-state index >= 15 is 0 Å². The van der Waals surface area contributed by atoms with Crippen LogP contribution in [0.15, 0.2) is 29.6 Å². The Bertz CT molecular complexity index is 599. The van der Waals surface area contributed by atoms with Crippen molar-refractivity contribution in [2.45, 2.75) is 13.0 Å². The van der Waals surface area contributed by atoms with Crippen LogP contribution in [-0.2, 0) is 0 Å². The van der Waals surface area contributed by atoms with Crippen LogP contribution in [0.3, 0.4) is 0 Å². The number of benzene rings is 1. The number of thiazole rings is 1. The second-order valence-corrected chi connectivity index (χ2v) is 6.89. The average Bonchev–Trinajstić information content (AvgIpc) is 2.95. The Balaban J connectivity index is 1.93. The maximum absolute atomic E-state index is 4.77. The molecule has 1 aromatic carbocycles. The first-order chi connectivity index (χ1) is 10.6. The summed E-state index contributed by atoms with van der Waals surface area (Å²) in [6, 6.07) is 9.17. The second-order valence-electron chi connectivity index (χ2n) is 6.00. The summed E-state index contributed by atoms with van der Waals surface area (Å²) in [5.74, 6) is 0. The first-order valence-corrected chi connectivity index (χ1v) is 8.67. The summed E-state index contributed by atoms with van der Waals surface area (Å²) in [6.45, 7) is 6.31. The summed E-state index contributed by atoms with van der Waals surface area (Å²) in [6.07, 6.45) is 0. The number of hydrogen-bond acceptors (Lipinski definition) is 5. The first kappa shape index (κ1) is 15.5. The van der Waals surface area contributed by atoms with Gasteiger partial charge in [0.15, 0.2) is 0 Å². The van der Waals surface area contributed by atoms with Crippen LogP contribution >= 0.6 is 11.3 Å². The van der Waals surface area contributed by atoms with E-state index in [0.29, 0.717) is 0 Å². The summed E-state index contributed by atoms with van der Waals surface area (Å²) >= 11 is 1.77. The van der Waals surface area contributed by atoms with E-state index in [0.717, 1.165) is 31.9 Å². The summed E-state index contributed by atoms with van der Waals surface area (Å²) in [7, 11) is 4.15. The molecule has 0 aliphatic carbocycles. The molecule has 1 fully saturated rings. The van der Waals surface area contributed by atoms with E-state index in [1.165, 1.54) is 16.3 Å². The molecule has 5 heteroatoms. The van der Waals surface area contributed by atoms with Gasteiger partial charge in [-0.25, -0.2) is 4.98 Å². The second kappa shape index (κ2) is 6.77. The summed E-state index contributed by atoms with van der Waals surface area (Å²) in [5.41, 5.74) is 3.69. The van der Waals surface area contributed by atoms with Crippen LogP contribution in [0.2, 0.25) is 0 Å². The molecule has 1 aromatic heterocycles. The molecule has 0 amide bonds. The van der Waals surface area contributed by atoms with Crippen molar-refractivity contribution in [3.63, 3.8) is 0 Å². The molecule has 1 saturated heterocycles. The highest BCUT2D eigenvalue weighted by molar-refractivity contribution is 7.09. The fourth-order valence-electron chi connectivity index (χ4n) is 2.90. The van der Waals surface area contributed by atoms with Gasteiger partial charge in [-0.1, -0.05) is 12.1 Å². The van der Waals surface area contributed by atoms with Gasteiger partial charge in [-0.2, -0.15) is 0 Å². The van der Waals surface area contributed by atoms with E-state index in [-0.39, 0.29) is 6.04 Å². The van der Waals surface area contributed by atoms with Crippen molar-refractivity contribution in [3.8, 4) is 0 Å². The SMILES string of the molecule is Cc1csc(C(c2ccc(N(C)C)cc2)N2CCNCC2)n1. The van der Waals surface area contributed by atoms with Gasteiger partial charge >= 0.3 is 0 Å². The smallest absolute Gasteiger partial charge is 0.115 e. The molecule has 0 radical (unpaired) electrons. The Labute approximate surface area is 136 Å². The van der Waals surface area contributed by atoms with Crippen molar-refractivity contribution in [3.05, 3.63) is 45.9 Å². The van der Waals surface area contributed by atoms with Crippen LogP contribution in [0.1, 0.15) is 22.3 Å². The van der Waals surface area contributed by atoms with Crippen LogP contribution < -0.4 is 10.2 Å². The highest BCUT2D eigenvalue weighted by atomic mass is 32.1. The standard InChI is InChI=1S/C17H24N4S/c1-13-12-22-17(19-13)16(21-10-8-18-9-11-21)14-4-6-15(7-5-14)20(2)3/h4-7,12,16,18H,8-11H2,1-3H3. The van der Waals surface area contributed by atoms with Gasteiger partial charge in [-0.05, 0) is 24.6 Å². The van der Waals surface area contributed by atoms with E-state index in [4.69, 9.17) is 4.98 Å². The fraction of sp³-hybridized carbons (Fsp3) is 0.471. The number of hydrogen-bond donors (Lipinski definition) is 1. The third-order valence-corrected chi connectivity index (χ3v) is 5.13. The minimum Gasteiger partial charge on any atom is -0.378 e. The molecule has 0 bridgehead atoms. The van der Waals surface area contributed by atoms with E-state index in [1.807, 2.05) is 0 Å². The van der Waals surface area contributed by atoms with Crippen molar-refractivity contribution in [2.24, 2.45) is 0 Å². The minimum absolute atomic E-state index is 0.275. The van der Waals surface area contributed by atoms with E-state index < -0.39 is 0 Å². The van der Waals surface area contributed by atoms with E-state index in [2.05, 4.69) is 65.8 Å². The predicted octanol–water partition coefficient (Wildman–Crippen LogP) is 2.51. The van der Waals surface area contributed by atoms with Crippen LogP contribution in [0, 0.1) is 6.92 Å². The molecule has 118 valence electrons. The van der Waals surface area contributed by atoms with Gasteiger partial charge in [-0.3, -0.25) is 4.90 Å². The molecule has 4 nitrogen and oxygen atoms in total. The maximum atomic E-state index is 4.77. The summed E-state index contributed by atoms with van der Waals surface area (Å²) < 4.78 is 0. The van der Waals surface area contributed by atoms with Gasteiger partial charge in [0.25, 0.3) is 0 Å². The quantitative estimate of drug-likeness (QED) is 0.939. The topological polar surface area (TPSA) is 31.4 Å². The zero-order valence-electron chi connectivity index (χ0n) is 13.5. The molecule has 22 heavy (non-hydrogen) atoms. The van der Waals surface area contributed by atoms with Crippen LogP contribution in [-0.4, -0.2) is 50.2 Å². The summed E-state index contributed by atoms with van der Waals surface area (Å²) in [5, 5.41) is 6.79. The molecule has 2 heterocycles. The largest absolute Gasteiger partial charge is 0.378 e. The lowest BCUT2D eigenvalue weighted by molar-refractivity contribution is 0.198. The van der Waals surface area contributed by atoms with E-state index in [9.17, 15) is 0 Å². The number of piperazine rings is 1. The fourth-order valence-corrected chi connectivity index (χ4v) is 3.86. The van der Waals surface area contributed by atoms with Gasteiger partial charge < -0.3 is 10.2 Å². The third kappa shape index (κ3) is 3.32. The van der Waals surface area contributed by atoms with Crippen LogP contribution in [0.25, 0.3) is 0 Å². The molecule has 3 rings (SSSR count). The molecule has 0 saturated carbocycles. The van der Waals surface area contributed by atoms with Gasteiger partial charge in [-0.15, -0.1) is 11.3 Å². The number of nitrogens with zero attached hydrogens (tertiary/aromatic N) is 3. The van der Waals surface area contributed by atoms with Crippen molar-refractivity contribution in [2.75, 3.05) is 45.2 Å². The first-order valence-electron chi connectivity index (χ1n) is 7.79. The lowest BCUT2D eigenvalue weighted by atomic mass is 10.0. The van der Waals surface area contributed by atoms with Gasteiger partial charge in [0.2, 0.25) is 0 Å². The Morgan fingerprint density at radius 2 is 1.86 bits per heavy atom. The molecule has 1 aliphatic rings. The van der Waals surface area contributed by atoms with Gasteiger partial charge in [0.05, 0.1) is 6.04 Å². The normalized spacial score (nSPS) is 17.4. The highest BCUT2D eigenvalue weighted by Gasteiger charge is 2.26. The molecular weight excluding hydrogens is 292 g/mol. The lowest BCUT2D eigenvalue weighted by Crippen LogP contribution is -2.45. The minimum atomic E-state index is 0.275. The van der Waals surface area contributed by atoms with Gasteiger partial charge in [0, 0.05) is 57.0 Å². The molecular formula is C17H24N4S. The summed E-state index contributed by atoms with van der Waals surface area (Å²) in [4.78, 5) is 9.44. The number of rotatable bonds is 4. The van der Waals surface area contributed by atoms with E-state index in [1.54, 1.807) is 11.3 Å². The number of nitrogens with one attached hydrogen (secondary N) is 1. The molecule has 0 spiro atoms. The van der Waals surface area contributed by atoms with Crippen LogP contribution in [0.4, 0.5) is 5.69 Å². The Kier molecular flexibility index (Phi) is 4.76. The van der Waals surface area contributed by atoms with Crippen LogP contribution in [0.5, 0.6) is 0 Å². The maximum Gasteiger partial charge on any atom is 0.115 e. The van der Waals surface area contributed by atoms with Crippen molar-refractivity contribution in [1.29, 1.82) is 0 Å². The Hall–Kier alpha value is -1.43. The molecule has 1 unspecified atom stereocenters. The Morgan fingerprint density at radius 1 is 1.18 bits per heavy atom.